The second kappa shape index (κ2) is 3.61. The summed E-state index contributed by atoms with van der Waals surface area (Å²) in [5.74, 6) is 0.787. The number of pyridine rings is 1. The molecule has 0 aliphatic rings. The molecule has 0 bridgehead atoms. The largest absolute Gasteiger partial charge is 0.508 e. The van der Waals surface area contributed by atoms with Gasteiger partial charge in [0.25, 0.3) is 0 Å². The number of aryl methyl sites for hydroxylation is 1. The minimum atomic E-state index is 0.264. The molecule has 0 unspecified atom stereocenters. The van der Waals surface area contributed by atoms with Crippen LogP contribution in [0.4, 0.5) is 5.82 Å². The Labute approximate surface area is 88.2 Å². The molecular weight excluding hydrogens is 188 g/mol. The number of phenolic OH excluding ortho intramolecular Hbond substituents is 1. The third-order valence-electron chi connectivity index (χ3n) is 2.31. The van der Waals surface area contributed by atoms with Crippen molar-refractivity contribution in [3.8, 4) is 16.9 Å². The summed E-state index contributed by atoms with van der Waals surface area (Å²) < 4.78 is 0. The molecule has 2 rings (SSSR count). The smallest absolute Gasteiger partial charge is 0.123 e. The van der Waals surface area contributed by atoms with E-state index in [2.05, 4.69) is 4.98 Å². The van der Waals surface area contributed by atoms with E-state index in [9.17, 15) is 5.11 Å². The first kappa shape index (κ1) is 9.52. The molecule has 76 valence electrons. The fraction of sp³-hybridized carbons (Fsp3) is 0.0833. The summed E-state index contributed by atoms with van der Waals surface area (Å²) >= 11 is 0. The summed E-state index contributed by atoms with van der Waals surface area (Å²) in [4.78, 5) is 4.05. The maximum atomic E-state index is 9.18. The number of nitrogens with two attached hydrogens (primary N) is 1. The van der Waals surface area contributed by atoms with E-state index in [1.165, 1.54) is 0 Å². The number of rotatable bonds is 1. The molecule has 3 N–H and O–H groups in total. The van der Waals surface area contributed by atoms with E-state index in [0.29, 0.717) is 5.82 Å². The normalized spacial score (nSPS) is 10.2. The molecule has 0 aliphatic carbocycles. The number of anilines is 1. The number of aromatic nitrogens is 1. The van der Waals surface area contributed by atoms with Crippen molar-refractivity contribution in [1.29, 1.82) is 0 Å². The van der Waals surface area contributed by atoms with Crippen LogP contribution in [0.5, 0.6) is 5.75 Å². The highest BCUT2D eigenvalue weighted by Gasteiger charge is 2.02. The fourth-order valence-electron chi connectivity index (χ4n) is 1.52. The summed E-state index contributed by atoms with van der Waals surface area (Å²) in [6.45, 7) is 1.99. The van der Waals surface area contributed by atoms with E-state index in [-0.39, 0.29) is 5.75 Å². The van der Waals surface area contributed by atoms with Crippen LogP contribution >= 0.6 is 0 Å². The molecule has 1 heterocycles. The maximum absolute atomic E-state index is 9.18. The Morgan fingerprint density at radius 1 is 1.20 bits per heavy atom. The van der Waals surface area contributed by atoms with Gasteiger partial charge in [0.15, 0.2) is 0 Å². The summed E-state index contributed by atoms with van der Waals surface area (Å²) in [6, 6.07) is 8.86. The number of aromatic hydroxyl groups is 1. The van der Waals surface area contributed by atoms with Crippen molar-refractivity contribution in [2.75, 3.05) is 5.73 Å². The molecule has 0 saturated heterocycles. The quantitative estimate of drug-likeness (QED) is 0.742. The predicted molar refractivity (Wildman–Crippen MR) is 60.5 cm³/mol. The minimum absolute atomic E-state index is 0.264. The van der Waals surface area contributed by atoms with Gasteiger partial charge in [-0.05, 0) is 36.2 Å². The van der Waals surface area contributed by atoms with Gasteiger partial charge in [-0.2, -0.15) is 0 Å². The molecule has 0 aliphatic heterocycles. The lowest BCUT2D eigenvalue weighted by Crippen LogP contribution is -1.92. The van der Waals surface area contributed by atoms with Crippen LogP contribution < -0.4 is 5.73 Å². The third kappa shape index (κ3) is 1.91. The van der Waals surface area contributed by atoms with Crippen LogP contribution in [-0.2, 0) is 0 Å². The summed E-state index contributed by atoms with van der Waals surface area (Å²) in [5, 5.41) is 9.18. The Morgan fingerprint density at radius 2 is 1.87 bits per heavy atom. The molecule has 1 aromatic carbocycles. The SMILES string of the molecule is Cc1cc(N)ncc1-c1ccc(O)cc1. The lowest BCUT2D eigenvalue weighted by Gasteiger charge is -2.06. The number of phenols is 1. The van der Waals surface area contributed by atoms with E-state index in [1.807, 2.05) is 25.1 Å². The minimum Gasteiger partial charge on any atom is -0.508 e. The first-order valence-electron chi connectivity index (χ1n) is 4.68. The Morgan fingerprint density at radius 3 is 2.47 bits per heavy atom. The topological polar surface area (TPSA) is 59.1 Å². The van der Waals surface area contributed by atoms with Gasteiger partial charge in [-0.15, -0.1) is 0 Å². The van der Waals surface area contributed by atoms with Gasteiger partial charge in [-0.1, -0.05) is 12.1 Å². The molecule has 0 amide bonds. The molecule has 3 nitrogen and oxygen atoms in total. The average Bonchev–Trinajstić information content (AvgIpc) is 2.20. The van der Waals surface area contributed by atoms with E-state index in [4.69, 9.17) is 5.73 Å². The highest BCUT2D eigenvalue weighted by atomic mass is 16.3. The van der Waals surface area contributed by atoms with Crippen molar-refractivity contribution in [3.63, 3.8) is 0 Å². The number of hydrogen-bond acceptors (Lipinski definition) is 3. The molecule has 3 heteroatoms. The van der Waals surface area contributed by atoms with Gasteiger partial charge in [-0.25, -0.2) is 4.98 Å². The van der Waals surface area contributed by atoms with Gasteiger partial charge in [0.1, 0.15) is 11.6 Å². The molecule has 0 fully saturated rings. The maximum Gasteiger partial charge on any atom is 0.123 e. The molecule has 1 aromatic heterocycles. The standard InChI is InChI=1S/C12H12N2O/c1-8-6-12(13)14-7-11(8)9-2-4-10(15)5-3-9/h2-7,15H,1H3,(H2,13,14). The van der Waals surface area contributed by atoms with Crippen LogP contribution in [0.15, 0.2) is 36.5 Å². The van der Waals surface area contributed by atoms with Gasteiger partial charge in [0, 0.05) is 11.8 Å². The second-order valence-electron chi connectivity index (χ2n) is 3.47. The molecule has 0 atom stereocenters. The highest BCUT2D eigenvalue weighted by Crippen LogP contribution is 2.25. The van der Waals surface area contributed by atoms with Crippen molar-refractivity contribution in [2.24, 2.45) is 0 Å². The van der Waals surface area contributed by atoms with Crippen LogP contribution in [0, 0.1) is 6.92 Å². The Hall–Kier alpha value is -2.03. The molecular formula is C12H12N2O. The molecule has 0 radical (unpaired) electrons. The van der Waals surface area contributed by atoms with E-state index in [1.54, 1.807) is 18.3 Å². The molecule has 0 saturated carbocycles. The first-order valence-corrected chi connectivity index (χ1v) is 4.68. The number of benzene rings is 1. The average molecular weight is 200 g/mol. The van der Waals surface area contributed by atoms with Gasteiger partial charge >= 0.3 is 0 Å². The highest BCUT2D eigenvalue weighted by molar-refractivity contribution is 5.67. The molecule has 0 spiro atoms. The number of hydrogen-bond donors (Lipinski definition) is 2. The monoisotopic (exact) mass is 200 g/mol. The summed E-state index contributed by atoms with van der Waals surface area (Å²) in [5.41, 5.74) is 8.71. The van der Waals surface area contributed by atoms with Crippen molar-refractivity contribution in [3.05, 3.63) is 42.1 Å². The van der Waals surface area contributed by atoms with Crippen molar-refractivity contribution in [1.82, 2.24) is 4.98 Å². The zero-order valence-corrected chi connectivity index (χ0v) is 8.44. The van der Waals surface area contributed by atoms with Gasteiger partial charge in [-0.3, -0.25) is 0 Å². The lowest BCUT2D eigenvalue weighted by molar-refractivity contribution is 0.475. The van der Waals surface area contributed by atoms with Crippen molar-refractivity contribution >= 4 is 5.82 Å². The van der Waals surface area contributed by atoms with Gasteiger partial charge in [0.05, 0.1) is 0 Å². The van der Waals surface area contributed by atoms with Crippen LogP contribution in [0.3, 0.4) is 0 Å². The molecule has 2 aromatic rings. The summed E-state index contributed by atoms with van der Waals surface area (Å²) in [6.07, 6.45) is 1.75. The number of nitrogens with zero attached hydrogens (tertiary/aromatic N) is 1. The lowest BCUT2D eigenvalue weighted by atomic mass is 10.0. The van der Waals surface area contributed by atoms with Crippen molar-refractivity contribution in [2.45, 2.75) is 6.92 Å². The number of nitrogen functional groups attached to an aromatic ring is 1. The molecule has 15 heavy (non-hydrogen) atoms. The zero-order chi connectivity index (χ0) is 10.8. The Balaban J connectivity index is 2.49. The van der Waals surface area contributed by atoms with Gasteiger partial charge in [0.2, 0.25) is 0 Å². The third-order valence-corrected chi connectivity index (χ3v) is 2.31. The first-order chi connectivity index (χ1) is 7.16. The van der Waals surface area contributed by atoms with Gasteiger partial charge < -0.3 is 10.8 Å². The van der Waals surface area contributed by atoms with E-state index in [0.717, 1.165) is 16.7 Å². The Bertz CT molecular complexity index is 477. The van der Waals surface area contributed by atoms with Crippen LogP contribution in [-0.4, -0.2) is 10.1 Å². The summed E-state index contributed by atoms with van der Waals surface area (Å²) in [7, 11) is 0. The fourth-order valence-corrected chi connectivity index (χ4v) is 1.52. The van der Waals surface area contributed by atoms with E-state index >= 15 is 0 Å². The van der Waals surface area contributed by atoms with Crippen LogP contribution in [0.25, 0.3) is 11.1 Å². The zero-order valence-electron chi connectivity index (χ0n) is 8.44. The van der Waals surface area contributed by atoms with E-state index < -0.39 is 0 Å². The predicted octanol–water partition coefficient (Wildman–Crippen LogP) is 2.34. The van der Waals surface area contributed by atoms with Crippen LogP contribution in [0.1, 0.15) is 5.56 Å². The van der Waals surface area contributed by atoms with Crippen molar-refractivity contribution < 1.29 is 5.11 Å². The van der Waals surface area contributed by atoms with Crippen LogP contribution in [0.2, 0.25) is 0 Å². The second-order valence-corrected chi connectivity index (χ2v) is 3.47. The Kier molecular flexibility index (Phi) is 2.29.